The van der Waals surface area contributed by atoms with Crippen molar-refractivity contribution in [1.29, 1.82) is 0 Å². The third-order valence-corrected chi connectivity index (χ3v) is 2.83. The van der Waals surface area contributed by atoms with Crippen LogP contribution < -0.4 is 5.32 Å². The zero-order chi connectivity index (χ0) is 13.1. The third-order valence-electron chi connectivity index (χ3n) is 2.83. The molecule has 0 unspecified atom stereocenters. The van der Waals surface area contributed by atoms with Crippen LogP contribution in [0.4, 0.5) is 0 Å². The third kappa shape index (κ3) is 6.74. The van der Waals surface area contributed by atoms with Crippen LogP contribution in [0, 0.1) is 0 Å². The van der Waals surface area contributed by atoms with Gasteiger partial charge >= 0.3 is 0 Å². The Labute approximate surface area is 110 Å². The van der Waals surface area contributed by atoms with Gasteiger partial charge in [0.15, 0.2) is 0 Å². The van der Waals surface area contributed by atoms with Gasteiger partial charge in [-0.25, -0.2) is 0 Å². The maximum Gasteiger partial charge on any atom is 0.0700 e. The van der Waals surface area contributed by atoms with E-state index in [1.54, 1.807) is 7.11 Å². The monoisotopic (exact) mass is 251 g/mol. The summed E-state index contributed by atoms with van der Waals surface area (Å²) in [4.78, 5) is 0. The Bertz CT molecular complexity index is 298. The average Bonchev–Trinajstić information content (AvgIpc) is 2.42. The lowest BCUT2D eigenvalue weighted by Gasteiger charge is -2.06. The Morgan fingerprint density at radius 3 is 2.39 bits per heavy atom. The second kappa shape index (κ2) is 10.1. The molecule has 0 aliphatic carbocycles. The lowest BCUT2D eigenvalue weighted by atomic mass is 10.1. The molecule has 0 atom stereocenters. The largest absolute Gasteiger partial charge is 0.382 e. The molecule has 0 aromatic heterocycles. The molecular weight excluding hydrogens is 226 g/mol. The van der Waals surface area contributed by atoms with Crippen LogP contribution in [-0.4, -0.2) is 33.5 Å². The summed E-state index contributed by atoms with van der Waals surface area (Å²) >= 11 is 0. The predicted octanol–water partition coefficient (Wildman–Crippen LogP) is 2.39. The highest BCUT2D eigenvalue weighted by atomic mass is 16.5. The van der Waals surface area contributed by atoms with E-state index < -0.39 is 0 Å². The molecule has 0 fully saturated rings. The first-order valence-corrected chi connectivity index (χ1v) is 6.72. The molecule has 0 saturated carbocycles. The molecule has 102 valence electrons. The van der Waals surface area contributed by atoms with E-state index >= 15 is 0 Å². The quantitative estimate of drug-likeness (QED) is 0.648. The number of methoxy groups -OCH3 is 1. The highest BCUT2D eigenvalue weighted by molar-refractivity contribution is 5.22. The maximum atomic E-state index is 5.39. The Balaban J connectivity index is 2.00. The van der Waals surface area contributed by atoms with Crippen molar-refractivity contribution in [3.63, 3.8) is 0 Å². The molecule has 1 N–H and O–H groups in total. The molecule has 1 rings (SSSR count). The minimum atomic E-state index is 0.678. The van der Waals surface area contributed by atoms with Crippen molar-refractivity contribution in [1.82, 2.24) is 5.32 Å². The van der Waals surface area contributed by atoms with Crippen LogP contribution in [0.2, 0.25) is 0 Å². The predicted molar refractivity (Wildman–Crippen MR) is 74.8 cm³/mol. The fraction of sp³-hybridized carbons (Fsp3) is 0.600. The molecule has 0 amide bonds. The first-order chi connectivity index (χ1) is 8.86. The molecule has 3 nitrogen and oxygen atoms in total. The molecule has 3 heteroatoms. The fourth-order valence-corrected chi connectivity index (χ4v) is 1.67. The van der Waals surface area contributed by atoms with Crippen molar-refractivity contribution < 1.29 is 9.47 Å². The van der Waals surface area contributed by atoms with Gasteiger partial charge in [-0.2, -0.15) is 0 Å². The summed E-state index contributed by atoms with van der Waals surface area (Å²) in [7, 11) is 1.69. The van der Waals surface area contributed by atoms with Crippen LogP contribution in [0.3, 0.4) is 0 Å². The minimum absolute atomic E-state index is 0.678. The van der Waals surface area contributed by atoms with Crippen molar-refractivity contribution in [2.45, 2.75) is 26.3 Å². The molecule has 0 saturated heterocycles. The second-order valence-electron chi connectivity index (χ2n) is 4.31. The molecule has 0 radical (unpaired) electrons. The van der Waals surface area contributed by atoms with Gasteiger partial charge in [-0.05, 0) is 30.5 Å². The van der Waals surface area contributed by atoms with Gasteiger partial charge in [0.25, 0.3) is 0 Å². The molecule has 1 aromatic carbocycles. The molecule has 1 aromatic rings. The van der Waals surface area contributed by atoms with Gasteiger partial charge < -0.3 is 14.8 Å². The lowest BCUT2D eigenvalue weighted by Crippen LogP contribution is -2.16. The first kappa shape index (κ1) is 15.2. The summed E-state index contributed by atoms with van der Waals surface area (Å²) in [6.07, 6.45) is 2.14. The number of hydrogen-bond acceptors (Lipinski definition) is 3. The molecular formula is C15H25NO2. The number of ether oxygens (including phenoxy) is 2. The summed E-state index contributed by atoms with van der Waals surface area (Å²) < 4.78 is 10.3. The summed E-state index contributed by atoms with van der Waals surface area (Å²) in [5.74, 6) is 0. The van der Waals surface area contributed by atoms with E-state index in [0.717, 1.165) is 32.5 Å². The number of nitrogens with one attached hydrogen (secondary N) is 1. The summed E-state index contributed by atoms with van der Waals surface area (Å²) in [6, 6.07) is 8.79. The van der Waals surface area contributed by atoms with E-state index in [1.807, 2.05) is 0 Å². The van der Waals surface area contributed by atoms with Crippen LogP contribution in [0.5, 0.6) is 0 Å². The van der Waals surface area contributed by atoms with E-state index in [0.29, 0.717) is 13.2 Å². The topological polar surface area (TPSA) is 30.5 Å². The lowest BCUT2D eigenvalue weighted by molar-refractivity contribution is 0.0695. The highest BCUT2D eigenvalue weighted by Crippen LogP contribution is 2.04. The summed E-state index contributed by atoms with van der Waals surface area (Å²) in [6.45, 7) is 6.26. The fourth-order valence-electron chi connectivity index (χ4n) is 1.67. The van der Waals surface area contributed by atoms with E-state index in [2.05, 4.69) is 36.5 Å². The van der Waals surface area contributed by atoms with Gasteiger partial charge in [0, 0.05) is 20.3 Å². The SMILES string of the molecule is CCc1ccc(CNCCCOCCOC)cc1. The van der Waals surface area contributed by atoms with E-state index in [9.17, 15) is 0 Å². The van der Waals surface area contributed by atoms with Crippen LogP contribution in [0.1, 0.15) is 24.5 Å². The van der Waals surface area contributed by atoms with Gasteiger partial charge in [0.1, 0.15) is 0 Å². The molecule has 0 bridgehead atoms. The number of hydrogen-bond donors (Lipinski definition) is 1. The van der Waals surface area contributed by atoms with Crippen molar-refractivity contribution >= 4 is 0 Å². The number of benzene rings is 1. The summed E-state index contributed by atoms with van der Waals surface area (Å²) in [5, 5.41) is 3.42. The van der Waals surface area contributed by atoms with Crippen LogP contribution in [0.15, 0.2) is 24.3 Å². The molecule has 0 heterocycles. The van der Waals surface area contributed by atoms with Gasteiger partial charge in [0.05, 0.1) is 13.2 Å². The maximum absolute atomic E-state index is 5.39. The Kier molecular flexibility index (Phi) is 8.47. The van der Waals surface area contributed by atoms with Crippen molar-refractivity contribution in [2.24, 2.45) is 0 Å². The van der Waals surface area contributed by atoms with E-state index in [4.69, 9.17) is 9.47 Å². The van der Waals surface area contributed by atoms with E-state index in [-0.39, 0.29) is 0 Å². The zero-order valence-corrected chi connectivity index (χ0v) is 11.6. The average molecular weight is 251 g/mol. The standard InChI is InChI=1S/C15H25NO2/c1-3-14-5-7-15(8-6-14)13-16-9-4-10-18-12-11-17-2/h5-8,16H,3-4,9-13H2,1-2H3. The molecule has 0 aliphatic heterocycles. The minimum Gasteiger partial charge on any atom is -0.382 e. The number of aryl methyl sites for hydroxylation is 1. The van der Waals surface area contributed by atoms with Crippen LogP contribution >= 0.6 is 0 Å². The highest BCUT2D eigenvalue weighted by Gasteiger charge is 1.94. The normalized spacial score (nSPS) is 10.8. The van der Waals surface area contributed by atoms with Crippen LogP contribution in [0.25, 0.3) is 0 Å². The van der Waals surface area contributed by atoms with Gasteiger partial charge in [-0.15, -0.1) is 0 Å². The smallest absolute Gasteiger partial charge is 0.0700 e. The first-order valence-electron chi connectivity index (χ1n) is 6.72. The van der Waals surface area contributed by atoms with Gasteiger partial charge in [-0.3, -0.25) is 0 Å². The van der Waals surface area contributed by atoms with E-state index in [1.165, 1.54) is 11.1 Å². The summed E-state index contributed by atoms with van der Waals surface area (Å²) in [5.41, 5.74) is 2.73. The van der Waals surface area contributed by atoms with Crippen LogP contribution in [-0.2, 0) is 22.4 Å². The van der Waals surface area contributed by atoms with Crippen molar-refractivity contribution in [3.8, 4) is 0 Å². The Hall–Kier alpha value is -0.900. The molecule has 0 spiro atoms. The second-order valence-corrected chi connectivity index (χ2v) is 4.31. The number of rotatable bonds is 10. The van der Waals surface area contributed by atoms with Crippen molar-refractivity contribution in [2.75, 3.05) is 33.5 Å². The molecule has 0 aliphatic rings. The Morgan fingerprint density at radius 2 is 1.72 bits per heavy atom. The van der Waals surface area contributed by atoms with Gasteiger partial charge in [-0.1, -0.05) is 31.2 Å². The van der Waals surface area contributed by atoms with Crippen molar-refractivity contribution in [3.05, 3.63) is 35.4 Å². The van der Waals surface area contributed by atoms with Gasteiger partial charge in [0.2, 0.25) is 0 Å². The molecule has 18 heavy (non-hydrogen) atoms. The zero-order valence-electron chi connectivity index (χ0n) is 11.6. The Morgan fingerprint density at radius 1 is 1.00 bits per heavy atom.